The van der Waals surface area contributed by atoms with Crippen LogP contribution in [0.15, 0.2) is 71.3 Å². The smallest absolute Gasteiger partial charge is 0.289 e. The van der Waals surface area contributed by atoms with Crippen LogP contribution in [0.2, 0.25) is 0 Å². The second kappa shape index (κ2) is 8.17. The highest BCUT2D eigenvalue weighted by atomic mass is 32.1. The van der Waals surface area contributed by atoms with Gasteiger partial charge in [-0.3, -0.25) is 14.6 Å². The number of carbonyl (C=O) groups is 2. The van der Waals surface area contributed by atoms with Gasteiger partial charge in [-0.15, -0.1) is 11.3 Å². The predicted octanol–water partition coefficient (Wildman–Crippen LogP) is 3.55. The normalized spacial score (nSPS) is 11.0. The summed E-state index contributed by atoms with van der Waals surface area (Å²) in [5.41, 5.74) is 4.95. The zero-order valence-electron chi connectivity index (χ0n) is 14.0. The molecule has 130 valence electrons. The highest BCUT2D eigenvalue weighted by molar-refractivity contribution is 7.12. The van der Waals surface area contributed by atoms with Crippen molar-refractivity contribution >= 4 is 34.6 Å². The molecule has 0 aliphatic rings. The number of aromatic nitrogens is 1. The summed E-state index contributed by atoms with van der Waals surface area (Å²) in [6.45, 7) is 1.79. The lowest BCUT2D eigenvalue weighted by Gasteiger charge is -2.06. The summed E-state index contributed by atoms with van der Waals surface area (Å²) in [7, 11) is 0. The van der Waals surface area contributed by atoms with Gasteiger partial charge < -0.3 is 5.32 Å². The van der Waals surface area contributed by atoms with E-state index < -0.39 is 0 Å². The van der Waals surface area contributed by atoms with E-state index in [4.69, 9.17) is 0 Å². The van der Waals surface area contributed by atoms with Gasteiger partial charge in [-0.25, -0.2) is 5.43 Å². The van der Waals surface area contributed by atoms with Crippen molar-refractivity contribution in [1.82, 2.24) is 10.4 Å². The fourth-order valence-corrected chi connectivity index (χ4v) is 2.77. The second-order valence-corrected chi connectivity index (χ2v) is 6.31. The Morgan fingerprint density at radius 2 is 1.81 bits per heavy atom. The van der Waals surface area contributed by atoms with E-state index in [-0.39, 0.29) is 11.8 Å². The summed E-state index contributed by atoms with van der Waals surface area (Å²) in [5.74, 6) is -0.509. The van der Waals surface area contributed by atoms with Gasteiger partial charge in [0, 0.05) is 11.9 Å². The van der Waals surface area contributed by atoms with Crippen molar-refractivity contribution in [2.75, 3.05) is 5.32 Å². The molecule has 0 spiro atoms. The fraction of sp³-hybridized carbons (Fsp3) is 0.0526. The van der Waals surface area contributed by atoms with Crippen molar-refractivity contribution < 1.29 is 9.59 Å². The van der Waals surface area contributed by atoms with Gasteiger partial charge >= 0.3 is 0 Å². The Labute approximate surface area is 154 Å². The molecule has 2 amide bonds. The number of pyridine rings is 1. The first kappa shape index (κ1) is 17.5. The van der Waals surface area contributed by atoms with E-state index >= 15 is 0 Å². The van der Waals surface area contributed by atoms with E-state index in [0.717, 1.165) is 5.56 Å². The quantitative estimate of drug-likeness (QED) is 0.536. The van der Waals surface area contributed by atoms with Gasteiger partial charge in [0.1, 0.15) is 5.69 Å². The molecule has 0 atom stereocenters. The topological polar surface area (TPSA) is 83.4 Å². The molecule has 0 aliphatic heterocycles. The highest BCUT2D eigenvalue weighted by Gasteiger charge is 2.08. The molecule has 2 heterocycles. The van der Waals surface area contributed by atoms with Gasteiger partial charge in [0.05, 0.1) is 10.6 Å². The Balaban J connectivity index is 1.62. The standard InChI is InChI=1S/C19H16N4O2S/c1-13(22-23-18(24)16-5-2-3-11-20-16)14-7-9-15(10-8-14)21-19(25)17-6-4-12-26-17/h2-12H,1H3,(H,21,25)(H,23,24)/b22-13-. The number of anilines is 1. The molecule has 0 saturated carbocycles. The molecule has 0 unspecified atom stereocenters. The first-order valence-corrected chi connectivity index (χ1v) is 8.72. The summed E-state index contributed by atoms with van der Waals surface area (Å²) in [6.07, 6.45) is 1.55. The maximum atomic E-state index is 12.0. The maximum absolute atomic E-state index is 12.0. The molecule has 3 rings (SSSR count). The van der Waals surface area contributed by atoms with Gasteiger partial charge in [-0.05, 0) is 48.2 Å². The van der Waals surface area contributed by atoms with Gasteiger partial charge in [-0.1, -0.05) is 24.3 Å². The van der Waals surface area contributed by atoms with E-state index in [1.165, 1.54) is 11.3 Å². The molecule has 2 N–H and O–H groups in total. The molecule has 0 aliphatic carbocycles. The third kappa shape index (κ3) is 4.40. The summed E-state index contributed by atoms with van der Waals surface area (Å²) < 4.78 is 0. The molecule has 0 fully saturated rings. The first-order valence-electron chi connectivity index (χ1n) is 7.84. The first-order chi connectivity index (χ1) is 12.6. The third-order valence-corrected chi connectivity index (χ3v) is 4.40. The lowest BCUT2D eigenvalue weighted by atomic mass is 10.1. The lowest BCUT2D eigenvalue weighted by molar-refractivity contribution is 0.0949. The Bertz CT molecular complexity index is 920. The third-order valence-electron chi connectivity index (χ3n) is 3.53. The summed E-state index contributed by atoms with van der Waals surface area (Å²) >= 11 is 1.39. The second-order valence-electron chi connectivity index (χ2n) is 5.36. The van der Waals surface area contributed by atoms with Crippen molar-refractivity contribution in [3.05, 3.63) is 82.3 Å². The fourth-order valence-electron chi connectivity index (χ4n) is 2.15. The van der Waals surface area contributed by atoms with Crippen LogP contribution in [-0.4, -0.2) is 22.5 Å². The average molecular weight is 364 g/mol. The Morgan fingerprint density at radius 3 is 2.46 bits per heavy atom. The monoisotopic (exact) mass is 364 g/mol. The summed E-state index contributed by atoms with van der Waals surface area (Å²) in [4.78, 5) is 28.6. The van der Waals surface area contributed by atoms with Gasteiger partial charge in [0.25, 0.3) is 11.8 Å². The molecule has 0 bridgehead atoms. The van der Waals surface area contributed by atoms with Crippen LogP contribution in [0.1, 0.15) is 32.6 Å². The Morgan fingerprint density at radius 1 is 1.00 bits per heavy atom. The van der Waals surface area contributed by atoms with Gasteiger partial charge in [0.15, 0.2) is 0 Å². The number of nitrogens with one attached hydrogen (secondary N) is 2. The zero-order valence-corrected chi connectivity index (χ0v) is 14.8. The van der Waals surface area contributed by atoms with E-state index in [1.54, 1.807) is 49.5 Å². The van der Waals surface area contributed by atoms with E-state index in [2.05, 4.69) is 20.8 Å². The minimum atomic E-state index is -0.371. The van der Waals surface area contributed by atoms with Crippen molar-refractivity contribution in [3.8, 4) is 0 Å². The maximum Gasteiger partial charge on any atom is 0.289 e. The largest absolute Gasteiger partial charge is 0.321 e. The van der Waals surface area contributed by atoms with E-state index in [1.807, 2.05) is 23.6 Å². The highest BCUT2D eigenvalue weighted by Crippen LogP contribution is 2.14. The molecule has 7 heteroatoms. The van der Waals surface area contributed by atoms with Crippen LogP contribution in [0.4, 0.5) is 5.69 Å². The molecule has 1 aromatic carbocycles. The molecular weight excluding hydrogens is 348 g/mol. The van der Waals surface area contributed by atoms with E-state index in [0.29, 0.717) is 22.0 Å². The minimum absolute atomic E-state index is 0.138. The predicted molar refractivity (Wildman–Crippen MR) is 103 cm³/mol. The van der Waals surface area contributed by atoms with E-state index in [9.17, 15) is 9.59 Å². The molecule has 6 nitrogen and oxygen atoms in total. The minimum Gasteiger partial charge on any atom is -0.321 e. The lowest BCUT2D eigenvalue weighted by Crippen LogP contribution is -2.20. The number of hydrazone groups is 1. The van der Waals surface area contributed by atoms with Crippen LogP contribution < -0.4 is 10.7 Å². The molecule has 0 radical (unpaired) electrons. The number of amides is 2. The number of benzene rings is 1. The summed E-state index contributed by atoms with van der Waals surface area (Å²) in [5, 5.41) is 8.79. The van der Waals surface area contributed by atoms with Gasteiger partial charge in [0.2, 0.25) is 0 Å². The van der Waals surface area contributed by atoms with Crippen LogP contribution in [-0.2, 0) is 0 Å². The van der Waals surface area contributed by atoms with Crippen molar-refractivity contribution in [1.29, 1.82) is 0 Å². The van der Waals surface area contributed by atoms with Crippen molar-refractivity contribution in [2.24, 2.45) is 5.10 Å². The number of thiophene rings is 1. The number of rotatable bonds is 5. The molecule has 2 aromatic heterocycles. The van der Waals surface area contributed by atoms with Crippen LogP contribution in [0.3, 0.4) is 0 Å². The van der Waals surface area contributed by atoms with Crippen molar-refractivity contribution in [3.63, 3.8) is 0 Å². The summed E-state index contributed by atoms with van der Waals surface area (Å²) in [6, 6.07) is 15.9. The molecule has 26 heavy (non-hydrogen) atoms. The molecular formula is C19H16N4O2S. The molecule has 3 aromatic rings. The van der Waals surface area contributed by atoms with Crippen LogP contribution in [0.25, 0.3) is 0 Å². The van der Waals surface area contributed by atoms with Crippen LogP contribution in [0, 0.1) is 0 Å². The molecule has 0 saturated heterocycles. The number of carbonyl (C=O) groups excluding carboxylic acids is 2. The van der Waals surface area contributed by atoms with Crippen molar-refractivity contribution in [2.45, 2.75) is 6.92 Å². The Kier molecular flexibility index (Phi) is 5.50. The number of hydrogen-bond donors (Lipinski definition) is 2. The number of hydrogen-bond acceptors (Lipinski definition) is 5. The zero-order chi connectivity index (χ0) is 18.4. The average Bonchev–Trinajstić information content (AvgIpc) is 3.22. The van der Waals surface area contributed by atoms with Crippen LogP contribution >= 0.6 is 11.3 Å². The Hall–Kier alpha value is -3.32. The van der Waals surface area contributed by atoms with Gasteiger partial charge in [-0.2, -0.15) is 5.10 Å². The van der Waals surface area contributed by atoms with Crippen LogP contribution in [0.5, 0.6) is 0 Å². The number of nitrogens with zero attached hydrogens (tertiary/aromatic N) is 2. The SMILES string of the molecule is C/C(=N/NC(=O)c1ccccn1)c1ccc(NC(=O)c2cccs2)cc1.